The van der Waals surface area contributed by atoms with Gasteiger partial charge in [0, 0.05) is 17.5 Å². The normalized spacial score (nSPS) is 24.6. The molecule has 1 aromatic carbocycles. The number of carbonyl (C=O) groups excluding carboxylic acids is 1. The van der Waals surface area contributed by atoms with Crippen LogP contribution in [0.1, 0.15) is 68.8 Å². The Morgan fingerprint density at radius 3 is 2.14 bits per heavy atom. The Morgan fingerprint density at radius 1 is 1.18 bits per heavy atom. The molecule has 124 valence electrons. The van der Waals surface area contributed by atoms with E-state index in [0.29, 0.717) is 5.41 Å². The summed E-state index contributed by atoms with van der Waals surface area (Å²) in [6.45, 7) is 8.35. The second-order valence-corrected chi connectivity index (χ2v) is 6.53. The number of piperidine rings is 1. The molecule has 1 N–H and O–H groups in total. The first-order valence-corrected chi connectivity index (χ1v) is 8.46. The molecule has 3 heteroatoms. The zero-order chi connectivity index (χ0) is 15.3. The lowest BCUT2D eigenvalue weighted by Gasteiger charge is -2.12. The van der Waals surface area contributed by atoms with E-state index in [1.54, 1.807) is 6.92 Å². The molecule has 2 aliphatic rings. The third-order valence-electron chi connectivity index (χ3n) is 4.89. The molecule has 1 aliphatic carbocycles. The van der Waals surface area contributed by atoms with E-state index < -0.39 is 0 Å². The minimum Gasteiger partial charge on any atom is -0.316 e. The van der Waals surface area contributed by atoms with Crippen LogP contribution in [0, 0.1) is 5.92 Å². The zero-order valence-electron chi connectivity index (χ0n) is 14.2. The van der Waals surface area contributed by atoms with Gasteiger partial charge in [-0.15, -0.1) is 12.4 Å². The number of Topliss-reactive ketones (excluding diaryl/α,β-unsaturated/α-hetero) is 1. The van der Waals surface area contributed by atoms with E-state index in [2.05, 4.69) is 31.3 Å². The smallest absolute Gasteiger partial charge is 0.159 e. The van der Waals surface area contributed by atoms with Crippen LogP contribution >= 0.6 is 12.4 Å². The summed E-state index contributed by atoms with van der Waals surface area (Å²) >= 11 is 0. The predicted molar refractivity (Wildman–Crippen MR) is 96.2 cm³/mol. The van der Waals surface area contributed by atoms with Crippen molar-refractivity contribution in [2.45, 2.75) is 58.3 Å². The molecule has 2 fully saturated rings. The number of ketones is 1. The number of nitrogens with one attached hydrogen (secondary N) is 1. The van der Waals surface area contributed by atoms with Crippen molar-refractivity contribution in [3.8, 4) is 0 Å². The Labute approximate surface area is 141 Å². The maximum absolute atomic E-state index is 11.2. The first-order valence-electron chi connectivity index (χ1n) is 8.46. The van der Waals surface area contributed by atoms with Crippen molar-refractivity contribution in [2.24, 2.45) is 5.92 Å². The lowest BCUT2D eigenvalue weighted by atomic mass is 9.94. The summed E-state index contributed by atoms with van der Waals surface area (Å²) in [6.07, 6.45) is 6.86. The Kier molecular flexibility index (Phi) is 7.58. The topological polar surface area (TPSA) is 29.1 Å². The van der Waals surface area contributed by atoms with E-state index in [9.17, 15) is 4.79 Å². The average Bonchev–Trinajstić information content (AvgIpc) is 3.07. The van der Waals surface area contributed by atoms with Gasteiger partial charge >= 0.3 is 0 Å². The van der Waals surface area contributed by atoms with Crippen molar-refractivity contribution in [3.63, 3.8) is 0 Å². The summed E-state index contributed by atoms with van der Waals surface area (Å²) in [5, 5.41) is 3.43. The molecule has 0 spiro atoms. The summed E-state index contributed by atoms with van der Waals surface area (Å²) in [6, 6.07) is 8.17. The number of rotatable bonds is 5. The number of benzene rings is 1. The predicted octanol–water partition coefficient (Wildman–Crippen LogP) is 4.76. The van der Waals surface area contributed by atoms with Gasteiger partial charge in [0.25, 0.3) is 0 Å². The fraction of sp³-hybridized carbons (Fsp3) is 0.632. The van der Waals surface area contributed by atoms with Gasteiger partial charge in [-0.2, -0.15) is 0 Å². The van der Waals surface area contributed by atoms with E-state index in [1.165, 1.54) is 37.7 Å². The van der Waals surface area contributed by atoms with Crippen molar-refractivity contribution in [1.82, 2.24) is 5.32 Å². The summed E-state index contributed by atoms with van der Waals surface area (Å²) < 4.78 is 0. The molecule has 0 amide bonds. The van der Waals surface area contributed by atoms with Crippen LogP contribution in [0.25, 0.3) is 0 Å². The molecule has 1 saturated heterocycles. The van der Waals surface area contributed by atoms with E-state index >= 15 is 0 Å². The Hall–Kier alpha value is -0.860. The highest BCUT2D eigenvalue weighted by molar-refractivity contribution is 5.94. The molecule has 0 aromatic heterocycles. The molecular weight excluding hydrogens is 294 g/mol. The zero-order valence-corrected chi connectivity index (χ0v) is 15.0. The molecule has 3 rings (SSSR count). The number of carbonyl (C=O) groups is 1. The third-order valence-corrected chi connectivity index (χ3v) is 4.89. The summed E-state index contributed by atoms with van der Waals surface area (Å²) in [7, 11) is 0. The second kappa shape index (κ2) is 8.69. The van der Waals surface area contributed by atoms with Crippen molar-refractivity contribution < 1.29 is 4.79 Å². The number of unbranched alkanes of at least 4 members (excludes halogenated alkanes) is 3. The third kappa shape index (κ3) is 4.33. The molecule has 2 nitrogen and oxygen atoms in total. The maximum Gasteiger partial charge on any atom is 0.159 e. The number of fused-ring (bicyclic) bond motifs is 1. The summed E-state index contributed by atoms with van der Waals surface area (Å²) in [4.78, 5) is 11.2. The fourth-order valence-corrected chi connectivity index (χ4v) is 3.33. The van der Waals surface area contributed by atoms with Crippen molar-refractivity contribution in [1.29, 1.82) is 0 Å². The van der Waals surface area contributed by atoms with Crippen LogP contribution in [0.15, 0.2) is 24.3 Å². The van der Waals surface area contributed by atoms with Gasteiger partial charge in [0.05, 0.1) is 0 Å². The van der Waals surface area contributed by atoms with Crippen LogP contribution in [-0.4, -0.2) is 18.9 Å². The van der Waals surface area contributed by atoms with Gasteiger partial charge in [-0.1, -0.05) is 63.8 Å². The first kappa shape index (κ1) is 19.2. The van der Waals surface area contributed by atoms with Crippen LogP contribution in [-0.2, 0) is 5.41 Å². The van der Waals surface area contributed by atoms with Crippen LogP contribution in [0.4, 0.5) is 0 Å². The maximum atomic E-state index is 11.2. The number of hydrogen-bond donors (Lipinski definition) is 1. The Morgan fingerprint density at radius 2 is 1.77 bits per heavy atom. The lowest BCUT2D eigenvalue weighted by Crippen LogP contribution is -2.19. The lowest BCUT2D eigenvalue weighted by molar-refractivity contribution is 0.101. The summed E-state index contributed by atoms with van der Waals surface area (Å²) in [5.41, 5.74) is 2.63. The molecule has 22 heavy (non-hydrogen) atoms. The molecule has 1 heterocycles. The molecule has 2 unspecified atom stereocenters. The van der Waals surface area contributed by atoms with E-state index in [-0.39, 0.29) is 18.2 Å². The quantitative estimate of drug-likeness (QED) is 0.625. The summed E-state index contributed by atoms with van der Waals surface area (Å²) in [5.74, 6) is 0.983. The van der Waals surface area contributed by atoms with Crippen molar-refractivity contribution in [2.75, 3.05) is 13.1 Å². The van der Waals surface area contributed by atoms with Crippen LogP contribution in [0.5, 0.6) is 0 Å². The average molecular weight is 324 g/mol. The van der Waals surface area contributed by atoms with E-state index in [0.717, 1.165) is 24.6 Å². The van der Waals surface area contributed by atoms with Crippen LogP contribution in [0.2, 0.25) is 0 Å². The van der Waals surface area contributed by atoms with Crippen molar-refractivity contribution in [3.05, 3.63) is 35.4 Å². The van der Waals surface area contributed by atoms with E-state index in [4.69, 9.17) is 0 Å². The molecule has 1 saturated carbocycles. The highest BCUT2D eigenvalue weighted by atomic mass is 35.5. The van der Waals surface area contributed by atoms with Gasteiger partial charge in [-0.3, -0.25) is 4.79 Å². The van der Waals surface area contributed by atoms with Gasteiger partial charge in [0.2, 0.25) is 0 Å². The Bertz CT molecular complexity index is 467. The molecular formula is C19H30ClNO. The van der Waals surface area contributed by atoms with Gasteiger partial charge in [0.1, 0.15) is 0 Å². The molecule has 0 radical (unpaired) electrons. The highest BCUT2D eigenvalue weighted by Gasteiger charge is 2.57. The molecule has 1 aromatic rings. The highest BCUT2D eigenvalue weighted by Crippen LogP contribution is 2.56. The minimum absolute atomic E-state index is 0. The minimum atomic E-state index is 0. The number of halogens is 1. The van der Waals surface area contributed by atoms with Gasteiger partial charge in [0.15, 0.2) is 5.78 Å². The molecule has 2 atom stereocenters. The monoisotopic (exact) mass is 323 g/mol. The van der Waals surface area contributed by atoms with Gasteiger partial charge < -0.3 is 5.32 Å². The van der Waals surface area contributed by atoms with E-state index in [1.807, 2.05) is 12.1 Å². The fourth-order valence-electron chi connectivity index (χ4n) is 3.33. The van der Waals surface area contributed by atoms with Gasteiger partial charge in [-0.25, -0.2) is 0 Å². The standard InChI is InChI=1S/C13H15NO.C6H14.ClH/c1-9(15)10-2-4-11(5-3-10)13-6-12(13)7-14-8-13;1-3-5-6-4-2;/h2-5,12,14H,6-8H2,1H3;3-6H2,1-2H3;1H. The van der Waals surface area contributed by atoms with Gasteiger partial charge in [-0.05, 0) is 31.4 Å². The van der Waals surface area contributed by atoms with Crippen LogP contribution < -0.4 is 5.32 Å². The SMILES string of the molecule is CC(=O)c1ccc(C23CNCC2C3)cc1.CCCCCC.Cl. The molecule has 0 bridgehead atoms. The number of hydrogen-bond acceptors (Lipinski definition) is 2. The largest absolute Gasteiger partial charge is 0.316 e. The first-order chi connectivity index (χ1) is 10.1. The van der Waals surface area contributed by atoms with Crippen molar-refractivity contribution >= 4 is 18.2 Å². The molecule has 1 aliphatic heterocycles. The van der Waals surface area contributed by atoms with Crippen LogP contribution in [0.3, 0.4) is 0 Å². The second-order valence-electron chi connectivity index (χ2n) is 6.53. The Balaban J connectivity index is 0.000000302.